The Kier molecular flexibility index (Phi) is 2.60. The Balaban J connectivity index is 2.35. The average Bonchev–Trinajstić information content (AvgIpc) is 2.39. The molecule has 1 aromatic rings. The predicted molar refractivity (Wildman–Crippen MR) is 57.9 cm³/mol. The summed E-state index contributed by atoms with van der Waals surface area (Å²) in [5.41, 5.74) is 1.91. The Labute approximate surface area is 88.6 Å². The Bertz CT molecular complexity index is 390. The number of hydrogen-bond donors (Lipinski definition) is 2. The number of nitrogens with one attached hydrogen (secondary N) is 2. The van der Waals surface area contributed by atoms with Gasteiger partial charge in [-0.1, -0.05) is 6.07 Å². The van der Waals surface area contributed by atoms with Crippen molar-refractivity contribution in [3.63, 3.8) is 0 Å². The van der Waals surface area contributed by atoms with E-state index >= 15 is 0 Å². The normalized spacial score (nSPS) is 20.1. The van der Waals surface area contributed by atoms with E-state index in [-0.39, 0.29) is 11.9 Å². The maximum Gasteiger partial charge on any atom is 0.241 e. The number of amides is 1. The van der Waals surface area contributed by atoms with Crippen molar-refractivity contribution in [1.29, 1.82) is 0 Å². The topological polar surface area (TPSA) is 50.4 Å². The van der Waals surface area contributed by atoms with Gasteiger partial charge in [-0.25, -0.2) is 0 Å². The molecule has 1 amide bonds. The third-order valence-corrected chi connectivity index (χ3v) is 2.57. The van der Waals surface area contributed by atoms with Crippen LogP contribution in [0.4, 0.5) is 5.69 Å². The van der Waals surface area contributed by atoms with Crippen LogP contribution in [0, 0.1) is 0 Å². The van der Waals surface area contributed by atoms with E-state index in [0.29, 0.717) is 6.54 Å². The summed E-state index contributed by atoms with van der Waals surface area (Å²) >= 11 is 0. The first-order valence-corrected chi connectivity index (χ1v) is 4.92. The number of hydrogen-bond acceptors (Lipinski definition) is 3. The summed E-state index contributed by atoms with van der Waals surface area (Å²) in [6.07, 6.45) is 0. The van der Waals surface area contributed by atoms with Crippen LogP contribution in [-0.4, -0.2) is 19.1 Å². The van der Waals surface area contributed by atoms with Crippen molar-refractivity contribution in [2.75, 3.05) is 12.4 Å². The highest BCUT2D eigenvalue weighted by Gasteiger charge is 2.18. The van der Waals surface area contributed by atoms with Gasteiger partial charge in [0.25, 0.3) is 0 Å². The molecule has 0 bridgehead atoms. The standard InChI is InChI=1S/C11H14N2O2/c1-7-11(14)13-10-5-9(15-2)4-3-8(10)6-12-7/h3-5,7,12H,6H2,1-2H3,(H,13,14). The highest BCUT2D eigenvalue weighted by Crippen LogP contribution is 2.24. The summed E-state index contributed by atoms with van der Waals surface area (Å²) in [7, 11) is 1.61. The summed E-state index contributed by atoms with van der Waals surface area (Å²) < 4.78 is 5.11. The minimum atomic E-state index is -0.164. The molecule has 4 nitrogen and oxygen atoms in total. The average molecular weight is 206 g/mol. The van der Waals surface area contributed by atoms with Gasteiger partial charge in [-0.15, -0.1) is 0 Å². The first-order valence-electron chi connectivity index (χ1n) is 4.92. The fraction of sp³-hybridized carbons (Fsp3) is 0.364. The van der Waals surface area contributed by atoms with Gasteiger partial charge in [0.15, 0.2) is 0 Å². The van der Waals surface area contributed by atoms with Crippen molar-refractivity contribution in [3.8, 4) is 5.75 Å². The Morgan fingerprint density at radius 2 is 2.27 bits per heavy atom. The summed E-state index contributed by atoms with van der Waals surface area (Å²) in [5.74, 6) is 0.741. The van der Waals surface area contributed by atoms with Crippen LogP contribution in [0.1, 0.15) is 12.5 Å². The van der Waals surface area contributed by atoms with E-state index in [1.165, 1.54) is 0 Å². The highest BCUT2D eigenvalue weighted by atomic mass is 16.5. The van der Waals surface area contributed by atoms with Crippen molar-refractivity contribution in [2.45, 2.75) is 19.5 Å². The number of rotatable bonds is 1. The molecule has 1 aromatic carbocycles. The van der Waals surface area contributed by atoms with Gasteiger partial charge in [0.2, 0.25) is 5.91 Å². The fourth-order valence-electron chi connectivity index (χ4n) is 1.55. The molecule has 1 aliphatic rings. The molecule has 0 saturated heterocycles. The SMILES string of the molecule is COc1ccc2c(c1)NC(=O)C(C)NC2. The lowest BCUT2D eigenvalue weighted by molar-refractivity contribution is -0.117. The lowest BCUT2D eigenvalue weighted by Crippen LogP contribution is -2.34. The van der Waals surface area contributed by atoms with Gasteiger partial charge in [0.05, 0.1) is 13.2 Å². The molecule has 2 rings (SSSR count). The molecule has 1 atom stereocenters. The quantitative estimate of drug-likeness (QED) is 0.724. The molecule has 4 heteroatoms. The third-order valence-electron chi connectivity index (χ3n) is 2.57. The van der Waals surface area contributed by atoms with Crippen LogP contribution >= 0.6 is 0 Å². The lowest BCUT2D eigenvalue weighted by atomic mass is 10.1. The van der Waals surface area contributed by atoms with Crippen LogP contribution in [0.5, 0.6) is 5.75 Å². The number of methoxy groups -OCH3 is 1. The molecule has 0 radical (unpaired) electrons. The van der Waals surface area contributed by atoms with Gasteiger partial charge in [-0.3, -0.25) is 4.79 Å². The Morgan fingerprint density at radius 1 is 1.47 bits per heavy atom. The van der Waals surface area contributed by atoms with Crippen LogP contribution in [0.3, 0.4) is 0 Å². The molecule has 2 N–H and O–H groups in total. The van der Waals surface area contributed by atoms with Gasteiger partial charge in [0, 0.05) is 18.3 Å². The number of carbonyl (C=O) groups excluding carboxylic acids is 1. The third kappa shape index (κ3) is 1.94. The number of anilines is 1. The zero-order valence-electron chi connectivity index (χ0n) is 8.83. The van der Waals surface area contributed by atoms with Crippen LogP contribution in [-0.2, 0) is 11.3 Å². The van der Waals surface area contributed by atoms with Crippen LogP contribution in [0.25, 0.3) is 0 Å². The summed E-state index contributed by atoms with van der Waals surface area (Å²) in [5, 5.41) is 6.00. The van der Waals surface area contributed by atoms with E-state index in [1.807, 2.05) is 25.1 Å². The van der Waals surface area contributed by atoms with E-state index in [0.717, 1.165) is 17.0 Å². The first-order chi connectivity index (χ1) is 7.20. The van der Waals surface area contributed by atoms with Crippen molar-refractivity contribution in [1.82, 2.24) is 5.32 Å². The largest absolute Gasteiger partial charge is 0.497 e. The Hall–Kier alpha value is -1.55. The number of ether oxygens (including phenoxy) is 1. The molecule has 1 aliphatic heterocycles. The summed E-state index contributed by atoms with van der Waals surface area (Å²) in [6, 6.07) is 5.53. The molecule has 1 unspecified atom stereocenters. The monoisotopic (exact) mass is 206 g/mol. The van der Waals surface area contributed by atoms with Gasteiger partial charge < -0.3 is 15.4 Å². The molecule has 0 spiro atoms. The second-order valence-corrected chi connectivity index (χ2v) is 3.61. The summed E-state index contributed by atoms with van der Waals surface area (Å²) in [4.78, 5) is 11.6. The zero-order chi connectivity index (χ0) is 10.8. The maximum atomic E-state index is 11.6. The number of fused-ring (bicyclic) bond motifs is 1. The maximum absolute atomic E-state index is 11.6. The highest BCUT2D eigenvalue weighted by molar-refractivity contribution is 5.96. The second-order valence-electron chi connectivity index (χ2n) is 3.61. The molecular weight excluding hydrogens is 192 g/mol. The van der Waals surface area contributed by atoms with Crippen molar-refractivity contribution < 1.29 is 9.53 Å². The molecule has 0 aromatic heterocycles. The van der Waals surface area contributed by atoms with Gasteiger partial charge in [-0.2, -0.15) is 0 Å². The molecule has 0 fully saturated rings. The molecule has 0 saturated carbocycles. The van der Waals surface area contributed by atoms with Crippen molar-refractivity contribution in [3.05, 3.63) is 23.8 Å². The van der Waals surface area contributed by atoms with Crippen LogP contribution < -0.4 is 15.4 Å². The predicted octanol–water partition coefficient (Wildman–Crippen LogP) is 1.13. The van der Waals surface area contributed by atoms with Gasteiger partial charge in [-0.05, 0) is 18.6 Å². The summed E-state index contributed by atoms with van der Waals surface area (Å²) in [6.45, 7) is 2.54. The van der Waals surface area contributed by atoms with E-state index in [9.17, 15) is 4.79 Å². The molecule has 15 heavy (non-hydrogen) atoms. The van der Waals surface area contributed by atoms with Crippen LogP contribution in [0.15, 0.2) is 18.2 Å². The van der Waals surface area contributed by atoms with Crippen molar-refractivity contribution >= 4 is 11.6 Å². The zero-order valence-corrected chi connectivity index (χ0v) is 8.83. The number of benzene rings is 1. The molecule has 80 valence electrons. The smallest absolute Gasteiger partial charge is 0.241 e. The van der Waals surface area contributed by atoms with E-state index in [1.54, 1.807) is 7.11 Å². The minimum Gasteiger partial charge on any atom is -0.497 e. The first kappa shape index (κ1) is 9.98. The second kappa shape index (κ2) is 3.90. The number of carbonyl (C=O) groups is 1. The molecule has 1 heterocycles. The van der Waals surface area contributed by atoms with Gasteiger partial charge in [0.1, 0.15) is 5.75 Å². The van der Waals surface area contributed by atoms with E-state index in [4.69, 9.17) is 4.74 Å². The molecular formula is C11H14N2O2. The molecule has 0 aliphatic carbocycles. The fourth-order valence-corrected chi connectivity index (χ4v) is 1.55. The van der Waals surface area contributed by atoms with E-state index in [2.05, 4.69) is 10.6 Å². The van der Waals surface area contributed by atoms with E-state index < -0.39 is 0 Å². The Morgan fingerprint density at radius 3 is 3.00 bits per heavy atom. The minimum absolute atomic E-state index is 0.0120. The lowest BCUT2D eigenvalue weighted by Gasteiger charge is -2.08. The van der Waals surface area contributed by atoms with Gasteiger partial charge >= 0.3 is 0 Å². The van der Waals surface area contributed by atoms with Crippen molar-refractivity contribution in [2.24, 2.45) is 0 Å². The van der Waals surface area contributed by atoms with Crippen LogP contribution in [0.2, 0.25) is 0 Å².